The van der Waals surface area contributed by atoms with E-state index in [1.54, 1.807) is 0 Å². The van der Waals surface area contributed by atoms with Gasteiger partial charge in [0.05, 0.1) is 10.6 Å². The summed E-state index contributed by atoms with van der Waals surface area (Å²) < 4.78 is 36.9. The summed E-state index contributed by atoms with van der Waals surface area (Å²) in [5, 5.41) is 6.13. The zero-order valence-electron chi connectivity index (χ0n) is 11.6. The third-order valence-electron chi connectivity index (χ3n) is 2.86. The minimum Gasteiger partial charge on any atom is -0.361 e. The van der Waals surface area contributed by atoms with Gasteiger partial charge in [-0.05, 0) is 48.6 Å². The summed E-state index contributed by atoms with van der Waals surface area (Å²) in [4.78, 5) is 0.0950. The maximum Gasteiger partial charge on any atom is 0.180 e. The second-order valence-corrected chi connectivity index (χ2v) is 7.04. The molecule has 2 rings (SSSR count). The van der Waals surface area contributed by atoms with Gasteiger partial charge in [-0.3, -0.25) is 0 Å². The van der Waals surface area contributed by atoms with Crippen LogP contribution in [-0.4, -0.2) is 25.8 Å². The Hall–Kier alpha value is -1.99. The van der Waals surface area contributed by atoms with Gasteiger partial charge in [-0.1, -0.05) is 18.2 Å². The van der Waals surface area contributed by atoms with Gasteiger partial charge >= 0.3 is 0 Å². The highest BCUT2D eigenvalue weighted by Crippen LogP contribution is 2.11. The predicted octanol–water partition coefficient (Wildman–Crippen LogP) is 2.59. The van der Waals surface area contributed by atoms with Crippen molar-refractivity contribution in [2.75, 3.05) is 17.6 Å². The molecule has 0 spiro atoms. The molecule has 7 heteroatoms. The number of anilines is 1. The first-order chi connectivity index (χ1) is 10.5. The summed E-state index contributed by atoms with van der Waals surface area (Å²) in [7, 11) is -3.46. The summed E-state index contributed by atoms with van der Waals surface area (Å²) >= 11 is 5.09. The van der Waals surface area contributed by atoms with Crippen LogP contribution in [0.4, 0.5) is 10.1 Å². The third-order valence-corrected chi connectivity index (χ3v) is 4.84. The number of para-hydroxylation sites is 1. The number of thiocarbonyl (C=S) groups is 1. The van der Waals surface area contributed by atoms with E-state index in [1.165, 1.54) is 12.1 Å². The number of nitrogens with one attached hydrogen (secondary N) is 2. The number of hydrogen-bond acceptors (Lipinski definition) is 3. The van der Waals surface area contributed by atoms with Crippen LogP contribution in [0.2, 0.25) is 0 Å². The largest absolute Gasteiger partial charge is 0.361 e. The molecular formula is C15H15FN2O2S2. The molecule has 4 nitrogen and oxygen atoms in total. The molecule has 0 fully saturated rings. The molecule has 0 bridgehead atoms. The summed E-state index contributed by atoms with van der Waals surface area (Å²) in [5.41, 5.74) is 0.821. The first-order valence-electron chi connectivity index (χ1n) is 6.55. The Morgan fingerprint density at radius 1 is 1.05 bits per heavy atom. The zero-order chi connectivity index (χ0) is 16.0. The molecule has 2 aromatic rings. The molecule has 0 saturated carbocycles. The van der Waals surface area contributed by atoms with E-state index in [-0.39, 0.29) is 17.2 Å². The Balaban J connectivity index is 1.85. The van der Waals surface area contributed by atoms with Crippen molar-refractivity contribution < 1.29 is 12.8 Å². The average molecular weight is 338 g/mol. The molecule has 0 aliphatic carbocycles. The Morgan fingerprint density at radius 3 is 2.32 bits per heavy atom. The SMILES string of the molecule is O=S(=O)(CCNC(=S)Nc1ccccc1)c1ccc(F)cc1. The Labute approximate surface area is 134 Å². The second kappa shape index (κ2) is 7.33. The number of halogens is 1. The molecule has 0 amide bonds. The van der Waals surface area contributed by atoms with Crippen molar-refractivity contribution in [1.82, 2.24) is 5.32 Å². The standard InChI is InChI=1S/C15H15FN2O2S2/c16-12-6-8-14(9-7-12)22(19,20)11-10-17-15(21)18-13-4-2-1-3-5-13/h1-9H,10-11H2,(H2,17,18,21). The molecule has 0 radical (unpaired) electrons. The molecule has 0 aliphatic heterocycles. The van der Waals surface area contributed by atoms with Crippen molar-refractivity contribution in [1.29, 1.82) is 0 Å². The van der Waals surface area contributed by atoms with Gasteiger partial charge < -0.3 is 10.6 Å². The van der Waals surface area contributed by atoms with Crippen LogP contribution in [0.15, 0.2) is 59.5 Å². The monoisotopic (exact) mass is 338 g/mol. The van der Waals surface area contributed by atoms with Crippen molar-refractivity contribution in [2.24, 2.45) is 0 Å². The van der Waals surface area contributed by atoms with Crippen LogP contribution in [0, 0.1) is 5.82 Å². The van der Waals surface area contributed by atoms with E-state index in [4.69, 9.17) is 12.2 Å². The van der Waals surface area contributed by atoms with E-state index in [0.29, 0.717) is 5.11 Å². The first kappa shape index (κ1) is 16.4. The highest BCUT2D eigenvalue weighted by molar-refractivity contribution is 7.91. The van der Waals surface area contributed by atoms with E-state index >= 15 is 0 Å². The Morgan fingerprint density at radius 2 is 1.68 bits per heavy atom. The third kappa shape index (κ3) is 4.78. The molecule has 0 aliphatic rings. The van der Waals surface area contributed by atoms with E-state index in [2.05, 4.69) is 10.6 Å². The fourth-order valence-electron chi connectivity index (χ4n) is 1.76. The molecule has 22 heavy (non-hydrogen) atoms. The summed E-state index contributed by atoms with van der Waals surface area (Å²) in [5.74, 6) is -0.597. The van der Waals surface area contributed by atoms with Crippen molar-refractivity contribution >= 4 is 32.9 Å². The van der Waals surface area contributed by atoms with Crippen LogP contribution >= 0.6 is 12.2 Å². The van der Waals surface area contributed by atoms with Crippen LogP contribution in [0.25, 0.3) is 0 Å². The highest BCUT2D eigenvalue weighted by atomic mass is 32.2. The quantitative estimate of drug-likeness (QED) is 0.648. The molecule has 0 unspecified atom stereocenters. The van der Waals surface area contributed by atoms with Crippen LogP contribution < -0.4 is 10.6 Å². The van der Waals surface area contributed by atoms with Gasteiger partial charge in [-0.25, -0.2) is 12.8 Å². The maximum absolute atomic E-state index is 12.8. The number of sulfone groups is 1. The summed E-state index contributed by atoms with van der Waals surface area (Å²) in [6.07, 6.45) is 0. The normalized spacial score (nSPS) is 11.0. The number of hydrogen-bond donors (Lipinski definition) is 2. The van der Waals surface area contributed by atoms with Crippen LogP contribution in [0.1, 0.15) is 0 Å². The summed E-state index contributed by atoms with van der Waals surface area (Å²) in [6.45, 7) is 0.165. The van der Waals surface area contributed by atoms with Crippen LogP contribution in [-0.2, 0) is 9.84 Å². The van der Waals surface area contributed by atoms with Gasteiger partial charge in [0.25, 0.3) is 0 Å². The van der Waals surface area contributed by atoms with Crippen LogP contribution in [0.5, 0.6) is 0 Å². The number of rotatable bonds is 5. The lowest BCUT2D eigenvalue weighted by Gasteiger charge is -2.10. The fraction of sp³-hybridized carbons (Fsp3) is 0.133. The lowest BCUT2D eigenvalue weighted by atomic mass is 10.3. The molecule has 116 valence electrons. The smallest absolute Gasteiger partial charge is 0.180 e. The van der Waals surface area contributed by atoms with Gasteiger partial charge in [-0.2, -0.15) is 0 Å². The van der Waals surface area contributed by atoms with Gasteiger partial charge in [-0.15, -0.1) is 0 Å². The van der Waals surface area contributed by atoms with Crippen molar-refractivity contribution in [3.05, 3.63) is 60.4 Å². The van der Waals surface area contributed by atoms with Crippen molar-refractivity contribution in [3.63, 3.8) is 0 Å². The molecule has 0 saturated heterocycles. The molecule has 2 N–H and O–H groups in total. The highest BCUT2D eigenvalue weighted by Gasteiger charge is 2.14. The van der Waals surface area contributed by atoms with Crippen LogP contribution in [0.3, 0.4) is 0 Å². The molecule has 0 atom stereocenters. The van der Waals surface area contributed by atoms with Gasteiger partial charge in [0.1, 0.15) is 5.82 Å². The predicted molar refractivity (Wildman–Crippen MR) is 89.1 cm³/mol. The minimum absolute atomic E-state index is 0.0950. The van der Waals surface area contributed by atoms with E-state index in [1.807, 2.05) is 30.3 Å². The summed E-state index contributed by atoms with van der Waals surface area (Å²) in [6, 6.07) is 14.1. The average Bonchev–Trinajstić information content (AvgIpc) is 2.48. The van der Waals surface area contributed by atoms with Crippen molar-refractivity contribution in [3.8, 4) is 0 Å². The second-order valence-electron chi connectivity index (χ2n) is 4.52. The maximum atomic E-state index is 12.8. The number of benzene rings is 2. The van der Waals surface area contributed by atoms with E-state index < -0.39 is 15.7 Å². The minimum atomic E-state index is -3.46. The molecule has 0 heterocycles. The Bertz CT molecular complexity index is 732. The zero-order valence-corrected chi connectivity index (χ0v) is 13.3. The first-order valence-corrected chi connectivity index (χ1v) is 8.62. The van der Waals surface area contributed by atoms with Gasteiger partial charge in [0.2, 0.25) is 0 Å². The molecule has 2 aromatic carbocycles. The molecular weight excluding hydrogens is 323 g/mol. The topological polar surface area (TPSA) is 58.2 Å². The lowest BCUT2D eigenvalue weighted by Crippen LogP contribution is -2.32. The van der Waals surface area contributed by atoms with Gasteiger partial charge in [0, 0.05) is 12.2 Å². The van der Waals surface area contributed by atoms with E-state index in [0.717, 1.165) is 17.8 Å². The lowest BCUT2D eigenvalue weighted by molar-refractivity contribution is 0.593. The molecule has 0 aromatic heterocycles. The Kier molecular flexibility index (Phi) is 5.46. The van der Waals surface area contributed by atoms with Crippen molar-refractivity contribution in [2.45, 2.75) is 4.90 Å². The van der Waals surface area contributed by atoms with Gasteiger partial charge in [0.15, 0.2) is 14.9 Å². The fourth-order valence-corrected chi connectivity index (χ4v) is 3.13. The van der Waals surface area contributed by atoms with E-state index in [9.17, 15) is 12.8 Å².